The van der Waals surface area contributed by atoms with Gasteiger partial charge in [-0.1, -0.05) is 30.3 Å². The number of imide groups is 2. The monoisotopic (exact) mass is 898 g/mol. The lowest BCUT2D eigenvalue weighted by Gasteiger charge is -2.66. The van der Waals surface area contributed by atoms with Gasteiger partial charge in [0.2, 0.25) is 0 Å². The quantitative estimate of drug-likeness (QED) is 0.221. The van der Waals surface area contributed by atoms with Crippen molar-refractivity contribution in [1.29, 1.82) is 0 Å². The molecule has 5 N–H and O–H groups in total. The molecular formula is C52H62N6O8. The van der Waals surface area contributed by atoms with Gasteiger partial charge in [0.05, 0.1) is 16.9 Å². The molecule has 2 spiro atoms. The molecule has 14 heteroatoms. The number of phenols is 2. The van der Waals surface area contributed by atoms with Crippen molar-refractivity contribution < 1.29 is 39.6 Å². The molecule has 8 fully saturated rings. The number of likely N-dealkylation sites (tertiary alicyclic amines) is 2. The van der Waals surface area contributed by atoms with Gasteiger partial charge in [-0.25, -0.2) is 14.5 Å². The molecule has 6 amide bonds. The summed E-state index contributed by atoms with van der Waals surface area (Å²) >= 11 is 0. The van der Waals surface area contributed by atoms with E-state index in [4.69, 9.17) is 0 Å². The second kappa shape index (κ2) is 14.3. The average molecular weight is 899 g/mol. The number of amides is 6. The van der Waals surface area contributed by atoms with Gasteiger partial charge in [0.1, 0.15) is 22.6 Å². The van der Waals surface area contributed by atoms with Crippen LogP contribution in [0.4, 0.5) is 15.3 Å². The minimum absolute atomic E-state index is 0.0256. The van der Waals surface area contributed by atoms with Gasteiger partial charge in [-0.15, -0.1) is 0 Å². The third kappa shape index (κ3) is 5.73. The third-order valence-electron chi connectivity index (χ3n) is 18.8. The van der Waals surface area contributed by atoms with E-state index in [0.717, 1.165) is 73.9 Å². The van der Waals surface area contributed by atoms with Crippen LogP contribution in [0.25, 0.3) is 0 Å². The minimum atomic E-state index is -1.07. The van der Waals surface area contributed by atoms with E-state index in [-0.39, 0.29) is 41.4 Å². The summed E-state index contributed by atoms with van der Waals surface area (Å²) in [4.78, 5) is 63.9. The van der Waals surface area contributed by atoms with E-state index in [1.54, 1.807) is 47.4 Å². The number of nitrogens with zero attached hydrogens (tertiary/aromatic N) is 5. The number of likely N-dealkylation sites (N-methyl/N-ethyl adjacent to an activating group) is 2. The summed E-state index contributed by atoms with van der Waals surface area (Å²) in [5.74, 6) is 0.999. The number of para-hydroxylation sites is 1. The highest BCUT2D eigenvalue weighted by Crippen LogP contribution is 2.64. The van der Waals surface area contributed by atoms with Gasteiger partial charge in [-0.3, -0.25) is 14.5 Å². The fourth-order valence-corrected chi connectivity index (χ4v) is 14.9. The summed E-state index contributed by atoms with van der Waals surface area (Å²) in [5, 5.41) is 48.4. The van der Waals surface area contributed by atoms with Crippen LogP contribution in [0, 0.1) is 11.8 Å². The number of carbonyl (C=O) groups is 4. The van der Waals surface area contributed by atoms with Crippen LogP contribution in [0.15, 0.2) is 66.7 Å². The third-order valence-corrected chi connectivity index (χ3v) is 18.8. The Hall–Kier alpha value is -5.02. The maximum absolute atomic E-state index is 14.2. The van der Waals surface area contributed by atoms with Crippen molar-refractivity contribution in [2.24, 2.45) is 11.8 Å². The van der Waals surface area contributed by atoms with Gasteiger partial charge in [-0.05, 0) is 188 Å². The van der Waals surface area contributed by atoms with E-state index in [1.807, 2.05) is 36.2 Å². The fraction of sp³-hybridized carbons (Fsp3) is 0.577. The summed E-state index contributed by atoms with van der Waals surface area (Å²) in [6, 6.07) is 19.3. The standard InChI is InChI=1S/C27H35N3O4.C25H27N3O4/c1-28-11-10-25-16-26(8-9-27(25,34)22(28)12-19-6-7-20(31)13-21(19)25)23(32)29(14-17-2-3-17)24(33)30(26)15-18-4-5-18;1-27-12-11-23-15-24(21(30)28(22(31)26-24)17-5-3-2-4-6-17)9-10-25(23,32)20(27)13-16-7-8-18(29)14-19(16)23/h6-7,13,17-18,22,31,34H,2-5,8-12,14-16H2,1H3;2-8,14,20,29,32H,9-13,15H2,1H3,(H,26,31)/t22-,25-,26+,27-;20-,23-,24+,25-/m11/s1. The molecule has 348 valence electrons. The Bertz CT molecular complexity index is 2570. The lowest BCUT2D eigenvalue weighted by atomic mass is 9.46. The fourth-order valence-electron chi connectivity index (χ4n) is 14.9. The summed E-state index contributed by atoms with van der Waals surface area (Å²) in [6.07, 6.45) is 9.83. The smallest absolute Gasteiger partial charge is 0.329 e. The van der Waals surface area contributed by atoms with E-state index in [1.165, 1.54) is 4.90 Å². The van der Waals surface area contributed by atoms with Crippen LogP contribution < -0.4 is 10.2 Å². The van der Waals surface area contributed by atoms with Crippen LogP contribution >= 0.6 is 0 Å². The van der Waals surface area contributed by atoms with Crippen molar-refractivity contribution in [3.63, 3.8) is 0 Å². The number of aliphatic hydroxyl groups is 2. The van der Waals surface area contributed by atoms with Crippen molar-refractivity contribution in [1.82, 2.24) is 24.9 Å². The Morgan fingerprint density at radius 2 is 1.18 bits per heavy atom. The zero-order chi connectivity index (χ0) is 45.8. The maximum atomic E-state index is 14.2. The first-order valence-corrected chi connectivity index (χ1v) is 24.4. The van der Waals surface area contributed by atoms with E-state index in [9.17, 15) is 39.6 Å². The molecule has 6 aliphatic carbocycles. The number of benzene rings is 3. The number of anilines is 1. The molecule has 8 atom stereocenters. The van der Waals surface area contributed by atoms with Crippen molar-refractivity contribution in [3.8, 4) is 11.5 Å². The first-order chi connectivity index (χ1) is 31.6. The Kier molecular flexibility index (Phi) is 9.15. The van der Waals surface area contributed by atoms with Crippen LogP contribution in [0.2, 0.25) is 0 Å². The number of rotatable bonds is 5. The number of phenolic OH excluding ortho intramolecular Hbond substituents is 2. The van der Waals surface area contributed by atoms with Gasteiger partial charge in [0, 0.05) is 36.0 Å². The molecule has 0 radical (unpaired) electrons. The number of fused-ring (bicyclic) bond motifs is 2. The summed E-state index contributed by atoms with van der Waals surface area (Å²) in [5.41, 5.74) is -0.633. The molecule has 0 unspecified atom stereocenters. The normalized spacial score (nSPS) is 37.8. The lowest BCUT2D eigenvalue weighted by molar-refractivity contribution is -0.184. The number of hydrogen-bond acceptors (Lipinski definition) is 10. The van der Waals surface area contributed by atoms with E-state index < -0.39 is 39.1 Å². The van der Waals surface area contributed by atoms with Crippen molar-refractivity contribution >= 4 is 29.6 Å². The van der Waals surface area contributed by atoms with E-state index in [0.29, 0.717) is 82.0 Å². The summed E-state index contributed by atoms with van der Waals surface area (Å²) in [7, 11) is 4.13. The lowest BCUT2D eigenvalue weighted by Crippen LogP contribution is -2.76. The molecular weight excluding hydrogens is 837 g/mol. The molecule has 66 heavy (non-hydrogen) atoms. The highest BCUT2D eigenvalue weighted by molar-refractivity contribution is 6.23. The zero-order valence-electron chi connectivity index (χ0n) is 38.0. The van der Waals surface area contributed by atoms with Crippen LogP contribution in [-0.2, 0) is 33.3 Å². The molecule has 0 aromatic heterocycles. The van der Waals surface area contributed by atoms with Gasteiger partial charge in [-0.2, -0.15) is 0 Å². The van der Waals surface area contributed by atoms with Gasteiger partial charge in [0.15, 0.2) is 0 Å². The first-order valence-electron chi connectivity index (χ1n) is 24.4. The van der Waals surface area contributed by atoms with Crippen molar-refractivity contribution in [2.45, 2.75) is 135 Å². The number of hydrogen-bond donors (Lipinski definition) is 5. The molecule has 4 heterocycles. The minimum Gasteiger partial charge on any atom is -0.508 e. The topological polar surface area (TPSA) is 177 Å². The molecule has 3 aromatic rings. The maximum Gasteiger partial charge on any atom is 0.329 e. The SMILES string of the molecule is CN1CC[C@]23C[C@@]4(CC[C@@]2(O)[C@H]1Cc1ccc(O)cc13)C(=O)N(CC1CC1)C(=O)N4CC1CC1.CN1CC[C@]23C[C@]4(CC[C@@]2(O)[C@H]1Cc1ccc(O)cc13)NC(=O)N(c1ccccc1)C4=O. The molecule has 4 bridgehead atoms. The molecule has 4 saturated carbocycles. The number of carbonyl (C=O) groups excluding carboxylic acids is 4. The number of nitrogens with one attached hydrogen (secondary N) is 1. The largest absolute Gasteiger partial charge is 0.508 e. The molecule has 4 aliphatic heterocycles. The van der Waals surface area contributed by atoms with E-state index in [2.05, 4.69) is 22.2 Å². The van der Waals surface area contributed by atoms with Gasteiger partial charge in [0.25, 0.3) is 11.8 Å². The predicted octanol–water partition coefficient (Wildman–Crippen LogP) is 4.93. The van der Waals surface area contributed by atoms with Crippen LogP contribution in [0.3, 0.4) is 0 Å². The Labute approximate surface area is 385 Å². The Morgan fingerprint density at radius 3 is 1.76 bits per heavy atom. The highest BCUT2D eigenvalue weighted by Gasteiger charge is 2.73. The van der Waals surface area contributed by atoms with Crippen molar-refractivity contribution in [3.05, 3.63) is 89.0 Å². The van der Waals surface area contributed by atoms with Gasteiger partial charge < -0.3 is 40.4 Å². The molecule has 3 aromatic carbocycles. The van der Waals surface area contributed by atoms with Crippen LogP contribution in [0.5, 0.6) is 11.5 Å². The second-order valence-electron chi connectivity index (χ2n) is 22.2. The second-order valence-corrected chi connectivity index (χ2v) is 22.2. The van der Waals surface area contributed by atoms with E-state index >= 15 is 0 Å². The molecule has 4 saturated heterocycles. The molecule has 10 aliphatic rings. The average Bonchev–Trinajstić information content (AvgIpc) is 4.25. The van der Waals surface area contributed by atoms with Crippen LogP contribution in [-0.4, -0.2) is 139 Å². The Morgan fingerprint density at radius 1 is 0.636 bits per heavy atom. The van der Waals surface area contributed by atoms with Gasteiger partial charge >= 0.3 is 12.1 Å². The number of urea groups is 2. The highest BCUT2D eigenvalue weighted by atomic mass is 16.3. The zero-order valence-corrected chi connectivity index (χ0v) is 38.0. The Balaban J connectivity index is 0.000000138. The van der Waals surface area contributed by atoms with Crippen molar-refractivity contribution in [2.75, 3.05) is 45.2 Å². The summed E-state index contributed by atoms with van der Waals surface area (Å²) < 4.78 is 0. The number of piperidine rings is 2. The first kappa shape index (κ1) is 42.3. The predicted molar refractivity (Wildman–Crippen MR) is 244 cm³/mol. The van der Waals surface area contributed by atoms with Crippen LogP contribution in [0.1, 0.15) is 99.3 Å². The number of aromatic hydroxyl groups is 2. The summed E-state index contributed by atoms with van der Waals surface area (Å²) in [6.45, 7) is 2.80. The molecule has 14 nitrogen and oxygen atoms in total. The molecule has 13 rings (SSSR count).